The molecule has 0 aromatic heterocycles. The van der Waals surface area contributed by atoms with Crippen LogP contribution in [0.4, 0.5) is 4.79 Å². The maximum absolute atomic E-state index is 12.4. The summed E-state index contributed by atoms with van der Waals surface area (Å²) in [5.41, 5.74) is -0.905. The molecule has 2 aliphatic heterocycles. The molecule has 2 N–H and O–H groups in total. The van der Waals surface area contributed by atoms with Gasteiger partial charge in [0.1, 0.15) is 5.60 Å². The smallest absolute Gasteiger partial charge is 0.408 e. The molecule has 1 atom stereocenters. The molecular weight excluding hydrogens is 523 g/mol. The predicted octanol–water partition coefficient (Wildman–Crippen LogP) is 3.92. The van der Waals surface area contributed by atoms with E-state index in [0.29, 0.717) is 13.2 Å². The number of halogens is 1. The molecule has 1 amide bonds. The number of carbonyl (C=O) groups is 1. The zero-order valence-electron chi connectivity index (χ0n) is 20.9. The normalized spacial score (nSPS) is 20.6. The van der Waals surface area contributed by atoms with E-state index in [-0.39, 0.29) is 47.8 Å². The van der Waals surface area contributed by atoms with Crippen LogP contribution in [0.2, 0.25) is 0 Å². The summed E-state index contributed by atoms with van der Waals surface area (Å²) < 4.78 is 17.2. The molecule has 32 heavy (non-hydrogen) atoms. The molecule has 9 heteroatoms. The topological polar surface area (TPSA) is 84.4 Å². The van der Waals surface area contributed by atoms with Crippen molar-refractivity contribution in [3.8, 4) is 0 Å². The number of guanidine groups is 1. The molecule has 2 fully saturated rings. The van der Waals surface area contributed by atoms with Gasteiger partial charge in [-0.2, -0.15) is 0 Å². The number of hydrogen-bond donors (Lipinski definition) is 2. The summed E-state index contributed by atoms with van der Waals surface area (Å²) >= 11 is 0. The number of carbonyl (C=O) groups excluding carboxylic acids is 1. The number of rotatable bonds is 8. The first-order valence-electron chi connectivity index (χ1n) is 11.9. The zero-order chi connectivity index (χ0) is 22.9. The highest BCUT2D eigenvalue weighted by Gasteiger charge is 2.32. The second kappa shape index (κ2) is 13.8. The molecule has 0 spiro atoms. The minimum Gasteiger partial charge on any atom is -0.444 e. The summed E-state index contributed by atoms with van der Waals surface area (Å²) in [5, 5.41) is 6.58. The van der Waals surface area contributed by atoms with E-state index in [9.17, 15) is 4.79 Å². The molecule has 2 saturated heterocycles. The molecule has 0 saturated carbocycles. The standard InChI is InChI=1S/C23H44N4O4.HI/c1-7-23(8-2,26-21(28)31-22(3,4)5)17-25-20(24-6)27-13-11-18(12-14-27)30-16-19-10-9-15-29-19;/h18-19H,7-17H2,1-6H3,(H,24,25)(H,26,28);1H. The van der Waals surface area contributed by atoms with E-state index < -0.39 is 5.60 Å². The van der Waals surface area contributed by atoms with Gasteiger partial charge < -0.3 is 29.7 Å². The quantitative estimate of drug-likeness (QED) is 0.263. The van der Waals surface area contributed by atoms with Crippen molar-refractivity contribution in [3.05, 3.63) is 0 Å². The molecule has 1 unspecified atom stereocenters. The predicted molar refractivity (Wildman–Crippen MR) is 139 cm³/mol. The van der Waals surface area contributed by atoms with Crippen LogP contribution in [0.15, 0.2) is 4.99 Å². The molecule has 188 valence electrons. The lowest BCUT2D eigenvalue weighted by Crippen LogP contribution is -2.58. The molecular formula is C23H45IN4O4. The van der Waals surface area contributed by atoms with Crippen LogP contribution in [0, 0.1) is 0 Å². The van der Waals surface area contributed by atoms with E-state index in [4.69, 9.17) is 14.2 Å². The minimum atomic E-state index is -0.517. The third-order valence-corrected chi connectivity index (χ3v) is 6.20. The van der Waals surface area contributed by atoms with Crippen LogP contribution < -0.4 is 10.6 Å². The molecule has 0 radical (unpaired) electrons. The van der Waals surface area contributed by atoms with Gasteiger partial charge in [0.25, 0.3) is 0 Å². The van der Waals surface area contributed by atoms with Gasteiger partial charge in [0, 0.05) is 33.3 Å². The third kappa shape index (κ3) is 9.59. The van der Waals surface area contributed by atoms with E-state index >= 15 is 0 Å². The van der Waals surface area contributed by atoms with Gasteiger partial charge in [-0.1, -0.05) is 13.8 Å². The highest BCUT2D eigenvalue weighted by atomic mass is 127. The average molecular weight is 569 g/mol. The average Bonchev–Trinajstić information content (AvgIpc) is 3.25. The molecule has 8 nitrogen and oxygen atoms in total. The van der Waals surface area contributed by atoms with Crippen molar-refractivity contribution in [2.75, 3.05) is 39.9 Å². The summed E-state index contributed by atoms with van der Waals surface area (Å²) in [4.78, 5) is 19.1. The number of nitrogens with one attached hydrogen (secondary N) is 2. The summed E-state index contributed by atoms with van der Waals surface area (Å²) in [7, 11) is 1.81. The van der Waals surface area contributed by atoms with Crippen LogP contribution in [0.3, 0.4) is 0 Å². The lowest BCUT2D eigenvalue weighted by atomic mass is 9.93. The summed E-state index contributed by atoms with van der Waals surface area (Å²) in [6.07, 6.45) is 6.01. The molecule has 2 aliphatic rings. The number of nitrogens with zero attached hydrogens (tertiary/aromatic N) is 2. The maximum Gasteiger partial charge on any atom is 0.408 e. The van der Waals surface area contributed by atoms with Crippen LogP contribution >= 0.6 is 24.0 Å². The van der Waals surface area contributed by atoms with Crippen LogP contribution in [0.25, 0.3) is 0 Å². The number of hydrogen-bond acceptors (Lipinski definition) is 5. The summed E-state index contributed by atoms with van der Waals surface area (Å²) in [5.74, 6) is 0.870. The Morgan fingerprint density at radius 3 is 2.31 bits per heavy atom. The van der Waals surface area contributed by atoms with Gasteiger partial charge in [-0.05, 0) is 59.3 Å². The van der Waals surface area contributed by atoms with Gasteiger partial charge in [-0.15, -0.1) is 24.0 Å². The number of piperidine rings is 1. The van der Waals surface area contributed by atoms with Gasteiger partial charge in [0.2, 0.25) is 0 Å². The Balaban J connectivity index is 0.00000512. The Hall–Kier alpha value is -0.810. The fourth-order valence-corrected chi connectivity index (χ4v) is 4.08. The monoisotopic (exact) mass is 568 g/mol. The van der Waals surface area contributed by atoms with Crippen molar-refractivity contribution in [1.82, 2.24) is 15.5 Å². The second-order valence-corrected chi connectivity index (χ2v) is 9.67. The van der Waals surface area contributed by atoms with Crippen molar-refractivity contribution < 1.29 is 19.0 Å². The van der Waals surface area contributed by atoms with Crippen molar-refractivity contribution >= 4 is 36.0 Å². The highest BCUT2D eigenvalue weighted by molar-refractivity contribution is 14.0. The second-order valence-electron chi connectivity index (χ2n) is 9.67. The van der Waals surface area contributed by atoms with E-state index in [1.165, 1.54) is 0 Å². The van der Waals surface area contributed by atoms with Crippen LogP contribution in [-0.2, 0) is 14.2 Å². The Morgan fingerprint density at radius 1 is 1.16 bits per heavy atom. The minimum absolute atomic E-state index is 0. The maximum atomic E-state index is 12.4. The van der Waals surface area contributed by atoms with E-state index in [1.54, 1.807) is 0 Å². The number of ether oxygens (including phenoxy) is 3. The highest BCUT2D eigenvalue weighted by Crippen LogP contribution is 2.19. The first-order valence-corrected chi connectivity index (χ1v) is 11.9. The molecule has 0 aromatic rings. The van der Waals surface area contributed by atoms with E-state index in [0.717, 1.165) is 64.2 Å². The first-order chi connectivity index (χ1) is 14.7. The number of amides is 1. The van der Waals surface area contributed by atoms with Crippen molar-refractivity contribution in [1.29, 1.82) is 0 Å². The molecule has 0 aliphatic carbocycles. The lowest BCUT2D eigenvalue weighted by Gasteiger charge is -2.38. The van der Waals surface area contributed by atoms with Crippen molar-refractivity contribution in [3.63, 3.8) is 0 Å². The fourth-order valence-electron chi connectivity index (χ4n) is 4.08. The Morgan fingerprint density at radius 2 is 1.81 bits per heavy atom. The van der Waals surface area contributed by atoms with E-state index in [1.807, 2.05) is 27.8 Å². The van der Waals surface area contributed by atoms with Gasteiger partial charge in [0.05, 0.1) is 24.4 Å². The number of alkyl carbamates (subject to hydrolysis) is 1. The van der Waals surface area contributed by atoms with Gasteiger partial charge in [-0.3, -0.25) is 4.99 Å². The summed E-state index contributed by atoms with van der Waals surface area (Å²) in [6, 6.07) is 0. The SMILES string of the molecule is CCC(CC)(CNC(=NC)N1CCC(OCC2CCCO2)CC1)NC(=O)OC(C)(C)C.I. The van der Waals surface area contributed by atoms with Gasteiger partial charge in [0.15, 0.2) is 5.96 Å². The van der Waals surface area contributed by atoms with Crippen LogP contribution in [0.5, 0.6) is 0 Å². The largest absolute Gasteiger partial charge is 0.444 e. The first kappa shape index (κ1) is 29.2. The molecule has 2 rings (SSSR count). The van der Waals surface area contributed by atoms with Crippen LogP contribution in [-0.4, -0.2) is 80.2 Å². The Labute approximate surface area is 211 Å². The molecule has 2 heterocycles. The van der Waals surface area contributed by atoms with E-state index in [2.05, 4.69) is 34.4 Å². The lowest BCUT2D eigenvalue weighted by molar-refractivity contribution is -0.0367. The van der Waals surface area contributed by atoms with Crippen LogP contribution in [0.1, 0.15) is 73.1 Å². The zero-order valence-corrected chi connectivity index (χ0v) is 23.2. The summed E-state index contributed by atoms with van der Waals surface area (Å²) in [6.45, 7) is 13.8. The number of aliphatic imine (C=N–C) groups is 1. The van der Waals surface area contributed by atoms with Crippen molar-refractivity contribution in [2.24, 2.45) is 4.99 Å². The fraction of sp³-hybridized carbons (Fsp3) is 0.913. The van der Waals surface area contributed by atoms with Crippen molar-refractivity contribution in [2.45, 2.75) is 96.5 Å². The Kier molecular flexibility index (Phi) is 12.6. The number of likely N-dealkylation sites (tertiary alicyclic amines) is 1. The molecule has 0 aromatic carbocycles. The third-order valence-electron chi connectivity index (χ3n) is 6.20. The van der Waals surface area contributed by atoms with Gasteiger partial charge in [-0.25, -0.2) is 4.79 Å². The Bertz CT molecular complexity index is 579. The van der Waals surface area contributed by atoms with Gasteiger partial charge >= 0.3 is 6.09 Å². The molecule has 0 bridgehead atoms.